The Labute approximate surface area is 269 Å². The number of nitrogens with one attached hydrogen (secondary N) is 1. The molecule has 1 aromatic heterocycles. The van der Waals surface area contributed by atoms with E-state index in [0.29, 0.717) is 61.1 Å². The van der Waals surface area contributed by atoms with Gasteiger partial charge in [0.25, 0.3) is 0 Å². The Morgan fingerprint density at radius 3 is 2.54 bits per heavy atom. The lowest BCUT2D eigenvalue weighted by Crippen LogP contribution is -2.55. The number of hydrogen-bond donors (Lipinski definition) is 1. The van der Waals surface area contributed by atoms with Gasteiger partial charge in [-0.15, -0.1) is 0 Å². The standard InChI is InChI=1S/C34H43FN8O3/c1-7-31(44)40-13-12-26(20-40)43-32-24(19-42(34(43)45)30-15-27(46-6)9-10-28(30)35)16-36-33(38-32)37-25-8-11-29(21(2)14-25)41-17-22(3)39(5)23(4)18-41/h8-11,14-16,22-23,26H,7,12-13,17-20H2,1-6H3,(H,36,37,38)/t22-,23+,26-/m0/s1. The molecule has 3 aliphatic rings. The molecule has 3 aliphatic heterocycles. The predicted molar refractivity (Wildman–Crippen MR) is 178 cm³/mol. The summed E-state index contributed by atoms with van der Waals surface area (Å²) in [6.07, 6.45) is 2.66. The highest BCUT2D eigenvalue weighted by Crippen LogP contribution is 2.37. The van der Waals surface area contributed by atoms with E-state index in [-0.39, 0.29) is 24.2 Å². The second kappa shape index (κ2) is 12.7. The van der Waals surface area contributed by atoms with Gasteiger partial charge in [0.05, 0.1) is 25.4 Å². The predicted octanol–water partition coefficient (Wildman–Crippen LogP) is 5.16. The van der Waals surface area contributed by atoms with Gasteiger partial charge in [-0.25, -0.2) is 14.2 Å². The fourth-order valence-electron chi connectivity index (χ4n) is 6.80. The minimum atomic E-state index is -0.537. The van der Waals surface area contributed by atoms with Crippen LogP contribution >= 0.6 is 0 Å². The van der Waals surface area contributed by atoms with E-state index >= 15 is 4.39 Å². The van der Waals surface area contributed by atoms with Crippen LogP contribution in [0, 0.1) is 12.7 Å². The van der Waals surface area contributed by atoms with Crippen LogP contribution in [0.1, 0.15) is 44.7 Å². The Kier molecular flexibility index (Phi) is 8.73. The van der Waals surface area contributed by atoms with Crippen molar-refractivity contribution >= 4 is 40.8 Å². The smallest absolute Gasteiger partial charge is 0.330 e. The number of carbonyl (C=O) groups excluding carboxylic acids is 2. The summed E-state index contributed by atoms with van der Waals surface area (Å²) in [5.74, 6) is 0.756. The molecule has 244 valence electrons. The van der Waals surface area contributed by atoms with Gasteiger partial charge in [-0.05, 0) is 70.1 Å². The van der Waals surface area contributed by atoms with E-state index in [2.05, 4.69) is 60.1 Å². The van der Waals surface area contributed by atoms with Crippen LogP contribution in [-0.2, 0) is 11.3 Å². The second-order valence-corrected chi connectivity index (χ2v) is 12.6. The number of piperazine rings is 1. The van der Waals surface area contributed by atoms with Gasteiger partial charge in [-0.1, -0.05) is 6.92 Å². The van der Waals surface area contributed by atoms with Crippen molar-refractivity contribution < 1.29 is 18.7 Å². The van der Waals surface area contributed by atoms with Crippen LogP contribution in [0.25, 0.3) is 0 Å². The summed E-state index contributed by atoms with van der Waals surface area (Å²) in [4.78, 5) is 45.8. The molecule has 2 fully saturated rings. The van der Waals surface area contributed by atoms with Gasteiger partial charge >= 0.3 is 6.03 Å². The van der Waals surface area contributed by atoms with Crippen molar-refractivity contribution in [2.45, 2.75) is 65.2 Å². The average Bonchev–Trinajstić information content (AvgIpc) is 3.53. The number of aromatic nitrogens is 2. The first-order valence-corrected chi connectivity index (χ1v) is 16.0. The van der Waals surface area contributed by atoms with Crippen molar-refractivity contribution in [1.29, 1.82) is 0 Å². The van der Waals surface area contributed by atoms with Crippen LogP contribution in [0.15, 0.2) is 42.6 Å². The average molecular weight is 631 g/mol. The lowest BCUT2D eigenvalue weighted by atomic mass is 10.1. The normalized spacial score (nSPS) is 21.9. The van der Waals surface area contributed by atoms with Crippen LogP contribution in [0.5, 0.6) is 5.75 Å². The Hall–Kier alpha value is -4.45. The highest BCUT2D eigenvalue weighted by atomic mass is 19.1. The fraction of sp³-hybridized carbons (Fsp3) is 0.471. The third-order valence-electron chi connectivity index (χ3n) is 9.62. The number of ether oxygens (including phenoxy) is 1. The molecular formula is C34H43FN8O3. The van der Waals surface area contributed by atoms with Crippen molar-refractivity contribution in [3.05, 3.63) is 59.5 Å². The number of anilines is 5. The molecule has 2 saturated heterocycles. The number of hydrogen-bond acceptors (Lipinski definition) is 8. The number of fused-ring (bicyclic) bond motifs is 1. The zero-order valence-corrected chi connectivity index (χ0v) is 27.5. The van der Waals surface area contributed by atoms with E-state index in [9.17, 15) is 9.59 Å². The maximum atomic E-state index is 15.1. The van der Waals surface area contributed by atoms with Gasteiger partial charge in [0.2, 0.25) is 11.9 Å². The maximum absolute atomic E-state index is 15.1. The van der Waals surface area contributed by atoms with Gasteiger partial charge in [0, 0.05) is 73.9 Å². The molecule has 0 unspecified atom stereocenters. The number of amides is 3. The topological polar surface area (TPSA) is 97.4 Å². The first-order valence-electron chi connectivity index (χ1n) is 16.0. The Morgan fingerprint density at radius 1 is 1.09 bits per heavy atom. The van der Waals surface area contributed by atoms with Gasteiger partial charge in [0.1, 0.15) is 17.4 Å². The molecule has 0 saturated carbocycles. The number of aryl methyl sites for hydroxylation is 1. The third-order valence-corrected chi connectivity index (χ3v) is 9.62. The zero-order valence-electron chi connectivity index (χ0n) is 27.5. The number of likely N-dealkylation sites (tertiary alicyclic amines) is 1. The number of nitrogens with zero attached hydrogens (tertiary/aromatic N) is 7. The van der Waals surface area contributed by atoms with E-state index in [1.807, 2.05) is 13.0 Å². The van der Waals surface area contributed by atoms with Crippen LogP contribution < -0.4 is 24.8 Å². The molecule has 0 radical (unpaired) electrons. The van der Waals surface area contributed by atoms with E-state index in [4.69, 9.17) is 9.72 Å². The molecule has 3 aromatic rings. The van der Waals surface area contributed by atoms with E-state index in [1.54, 1.807) is 16.0 Å². The van der Waals surface area contributed by atoms with Gasteiger partial charge in [-0.3, -0.25) is 19.5 Å². The molecule has 6 rings (SSSR count). The summed E-state index contributed by atoms with van der Waals surface area (Å²) in [5.41, 5.74) is 3.98. The minimum absolute atomic E-state index is 0.0345. The van der Waals surface area contributed by atoms with Crippen LogP contribution in [0.3, 0.4) is 0 Å². The molecule has 2 aromatic carbocycles. The van der Waals surface area contributed by atoms with Crippen molar-refractivity contribution in [3.63, 3.8) is 0 Å². The van der Waals surface area contributed by atoms with E-state index < -0.39 is 11.8 Å². The number of benzene rings is 2. The molecule has 3 amide bonds. The monoisotopic (exact) mass is 630 g/mol. The van der Waals surface area contributed by atoms with E-state index in [0.717, 1.165) is 24.3 Å². The van der Waals surface area contributed by atoms with Gasteiger partial charge in [-0.2, -0.15) is 4.98 Å². The summed E-state index contributed by atoms with van der Waals surface area (Å²) in [7, 11) is 3.68. The molecule has 11 nitrogen and oxygen atoms in total. The van der Waals surface area contributed by atoms with Crippen molar-refractivity contribution in [2.24, 2.45) is 0 Å². The zero-order chi connectivity index (χ0) is 32.7. The van der Waals surface area contributed by atoms with Crippen molar-refractivity contribution in [2.75, 3.05) is 60.4 Å². The largest absolute Gasteiger partial charge is 0.497 e. The fourth-order valence-corrected chi connectivity index (χ4v) is 6.80. The molecule has 46 heavy (non-hydrogen) atoms. The summed E-state index contributed by atoms with van der Waals surface area (Å²) >= 11 is 0. The SMILES string of the molecule is CCC(=O)N1CC[C@H](N2C(=O)N(c3cc(OC)ccc3F)Cc3cnc(Nc4ccc(N5C[C@@H](C)N(C)[C@@H](C)C5)c(C)c4)nc32)C1. The molecular weight excluding hydrogens is 587 g/mol. The molecule has 12 heteroatoms. The lowest BCUT2D eigenvalue weighted by Gasteiger charge is -2.44. The first kappa shape index (κ1) is 31.5. The molecule has 1 N–H and O–H groups in total. The number of methoxy groups -OCH3 is 1. The lowest BCUT2D eigenvalue weighted by molar-refractivity contribution is -0.129. The highest BCUT2D eigenvalue weighted by molar-refractivity contribution is 6.06. The molecule has 0 spiro atoms. The number of rotatable bonds is 7. The number of halogens is 1. The Balaban J connectivity index is 1.30. The van der Waals surface area contributed by atoms with E-state index in [1.165, 1.54) is 35.9 Å². The molecule has 0 bridgehead atoms. The van der Waals surface area contributed by atoms with Crippen LogP contribution in [0.2, 0.25) is 0 Å². The summed E-state index contributed by atoms with van der Waals surface area (Å²) in [5, 5.41) is 3.34. The molecule has 0 aliphatic carbocycles. The maximum Gasteiger partial charge on any atom is 0.330 e. The minimum Gasteiger partial charge on any atom is -0.497 e. The van der Waals surface area contributed by atoms with Crippen molar-refractivity contribution in [3.8, 4) is 5.75 Å². The number of carbonyl (C=O) groups is 2. The van der Waals surface area contributed by atoms with Crippen molar-refractivity contribution in [1.82, 2.24) is 19.8 Å². The number of likely N-dealkylation sites (N-methyl/N-ethyl adjacent to an activating group) is 1. The molecule has 3 atom stereocenters. The summed E-state index contributed by atoms with van der Waals surface area (Å²) in [6.45, 7) is 11.4. The first-order chi connectivity index (χ1) is 22.1. The van der Waals surface area contributed by atoms with Crippen LogP contribution in [0.4, 0.5) is 38.0 Å². The summed E-state index contributed by atoms with van der Waals surface area (Å²) in [6, 6.07) is 10.8. The quantitative estimate of drug-likeness (QED) is 0.383. The molecule has 4 heterocycles. The Morgan fingerprint density at radius 2 is 1.85 bits per heavy atom. The third kappa shape index (κ3) is 5.93. The Bertz CT molecular complexity index is 1620. The second-order valence-electron chi connectivity index (χ2n) is 12.6. The summed E-state index contributed by atoms with van der Waals surface area (Å²) < 4.78 is 20.5. The highest BCUT2D eigenvalue weighted by Gasteiger charge is 2.41. The van der Waals surface area contributed by atoms with Gasteiger partial charge < -0.3 is 19.9 Å². The number of urea groups is 1. The van der Waals surface area contributed by atoms with Crippen LogP contribution in [-0.4, -0.2) is 90.2 Å². The van der Waals surface area contributed by atoms with Gasteiger partial charge in [0.15, 0.2) is 0 Å².